The molecule has 1 aliphatic rings. The number of likely N-dealkylation sites (tertiary alicyclic amines) is 1. The number of likely N-dealkylation sites (N-methyl/N-ethyl adjacent to an activating group) is 1. The molecule has 1 fully saturated rings. The number of nitrogens with zero attached hydrogens (tertiary/aromatic N) is 5. The number of hydrogen-bond donors (Lipinski definition) is 1. The zero-order valence-electron chi connectivity index (χ0n) is 13.6. The number of β-amino-alcohol motifs (C(OH)–C–C–N with tert-alkyl or cyclic N) is 1. The Bertz CT molecular complexity index is 699. The maximum atomic E-state index is 12.4. The van der Waals surface area contributed by atoms with Gasteiger partial charge in [0.05, 0.1) is 24.2 Å². The lowest BCUT2D eigenvalue weighted by Crippen LogP contribution is -2.43. The van der Waals surface area contributed by atoms with E-state index in [-0.39, 0.29) is 5.91 Å². The first kappa shape index (κ1) is 15.9. The van der Waals surface area contributed by atoms with E-state index in [1.165, 1.54) is 0 Å². The highest BCUT2D eigenvalue weighted by atomic mass is 16.3. The lowest BCUT2D eigenvalue weighted by Gasteiger charge is -2.26. The molecule has 1 aromatic carbocycles. The van der Waals surface area contributed by atoms with Crippen LogP contribution in [0.3, 0.4) is 0 Å². The van der Waals surface area contributed by atoms with Crippen molar-refractivity contribution in [2.75, 3.05) is 33.7 Å². The molecule has 2 aromatic rings. The molecular formula is C16H23N5O2. The van der Waals surface area contributed by atoms with Crippen molar-refractivity contribution in [1.29, 1.82) is 0 Å². The number of carbonyl (C=O) groups is 1. The van der Waals surface area contributed by atoms with Gasteiger partial charge in [0.25, 0.3) is 0 Å². The Morgan fingerprint density at radius 1 is 1.39 bits per heavy atom. The van der Waals surface area contributed by atoms with Gasteiger partial charge in [0.15, 0.2) is 0 Å². The first-order valence-corrected chi connectivity index (χ1v) is 7.90. The van der Waals surface area contributed by atoms with Crippen molar-refractivity contribution < 1.29 is 9.90 Å². The Balaban J connectivity index is 1.58. The third-order valence-electron chi connectivity index (χ3n) is 4.25. The highest BCUT2D eigenvalue weighted by Crippen LogP contribution is 2.22. The number of fused-ring (bicyclic) bond motifs is 1. The maximum Gasteiger partial charge on any atom is 0.224 e. The van der Waals surface area contributed by atoms with Gasteiger partial charge in [-0.3, -0.25) is 4.79 Å². The van der Waals surface area contributed by atoms with Crippen LogP contribution in [0.2, 0.25) is 0 Å². The van der Waals surface area contributed by atoms with Crippen LogP contribution in [0, 0.1) is 0 Å². The van der Waals surface area contributed by atoms with Gasteiger partial charge in [-0.05, 0) is 32.6 Å². The zero-order valence-corrected chi connectivity index (χ0v) is 13.6. The topological polar surface area (TPSA) is 74.5 Å². The van der Waals surface area contributed by atoms with E-state index >= 15 is 0 Å². The second kappa shape index (κ2) is 6.25. The van der Waals surface area contributed by atoms with Crippen LogP contribution in [0.5, 0.6) is 0 Å². The second-order valence-corrected chi connectivity index (χ2v) is 6.58. The van der Waals surface area contributed by atoms with E-state index in [1.54, 1.807) is 9.58 Å². The van der Waals surface area contributed by atoms with Gasteiger partial charge in [-0.25, -0.2) is 4.68 Å². The molecule has 1 saturated heterocycles. The molecule has 1 N–H and O–H groups in total. The van der Waals surface area contributed by atoms with Crippen molar-refractivity contribution >= 4 is 16.9 Å². The predicted molar refractivity (Wildman–Crippen MR) is 86.8 cm³/mol. The minimum absolute atomic E-state index is 0.0549. The molecule has 0 aliphatic carbocycles. The van der Waals surface area contributed by atoms with Crippen LogP contribution in [-0.4, -0.2) is 75.1 Å². The SMILES string of the molecule is CN(C)C[C@]1(O)CCN(C(=O)CCn2nnc3ccccc32)C1. The molecule has 3 rings (SSSR count). The quantitative estimate of drug-likeness (QED) is 0.861. The standard InChI is InChI=1S/C16H23N5O2/c1-19(2)11-16(23)8-10-20(12-16)15(22)7-9-21-14-6-4-3-5-13(14)17-18-21/h3-6,23H,7-12H2,1-2H3/t16-/m1/s1. The summed E-state index contributed by atoms with van der Waals surface area (Å²) in [6, 6.07) is 7.71. The highest BCUT2D eigenvalue weighted by Gasteiger charge is 2.38. The van der Waals surface area contributed by atoms with Crippen LogP contribution in [0.25, 0.3) is 11.0 Å². The van der Waals surface area contributed by atoms with E-state index in [2.05, 4.69) is 10.3 Å². The number of amides is 1. The number of aryl methyl sites for hydroxylation is 1. The van der Waals surface area contributed by atoms with Crippen molar-refractivity contribution in [3.05, 3.63) is 24.3 Å². The molecule has 1 aromatic heterocycles. The fraction of sp³-hybridized carbons (Fsp3) is 0.562. The lowest BCUT2D eigenvalue weighted by atomic mass is 10.0. The number of aromatic nitrogens is 3. The summed E-state index contributed by atoms with van der Waals surface area (Å²) in [4.78, 5) is 16.1. The fourth-order valence-corrected chi connectivity index (χ4v) is 3.23. The van der Waals surface area contributed by atoms with Gasteiger partial charge in [-0.1, -0.05) is 17.3 Å². The zero-order chi connectivity index (χ0) is 16.4. The number of hydrogen-bond acceptors (Lipinski definition) is 5. The number of rotatable bonds is 5. The Hall–Kier alpha value is -1.99. The van der Waals surface area contributed by atoms with E-state index in [0.717, 1.165) is 11.0 Å². The van der Waals surface area contributed by atoms with Gasteiger partial charge in [0, 0.05) is 19.5 Å². The molecule has 0 bridgehead atoms. The normalized spacial score (nSPS) is 21.5. The minimum Gasteiger partial charge on any atom is -0.387 e. The third-order valence-corrected chi connectivity index (χ3v) is 4.25. The maximum absolute atomic E-state index is 12.4. The van der Waals surface area contributed by atoms with Gasteiger partial charge >= 0.3 is 0 Å². The fourth-order valence-electron chi connectivity index (χ4n) is 3.23. The Kier molecular flexibility index (Phi) is 4.32. The molecule has 0 radical (unpaired) electrons. The Morgan fingerprint density at radius 3 is 2.96 bits per heavy atom. The summed E-state index contributed by atoms with van der Waals surface area (Å²) >= 11 is 0. The van der Waals surface area contributed by atoms with Crippen molar-refractivity contribution in [2.45, 2.75) is 25.0 Å². The molecule has 0 spiro atoms. The molecule has 0 saturated carbocycles. The summed E-state index contributed by atoms with van der Waals surface area (Å²) in [5, 5.41) is 18.7. The van der Waals surface area contributed by atoms with Crippen LogP contribution in [0.4, 0.5) is 0 Å². The van der Waals surface area contributed by atoms with E-state index in [9.17, 15) is 9.90 Å². The van der Waals surface area contributed by atoms with Gasteiger partial charge in [0.2, 0.25) is 5.91 Å². The highest BCUT2D eigenvalue weighted by molar-refractivity contribution is 5.77. The molecule has 1 amide bonds. The van der Waals surface area contributed by atoms with Crippen LogP contribution in [0.1, 0.15) is 12.8 Å². The average Bonchev–Trinajstić information content (AvgIpc) is 3.08. The summed E-state index contributed by atoms with van der Waals surface area (Å²) in [5.41, 5.74) is 0.978. The summed E-state index contributed by atoms with van der Waals surface area (Å²) in [7, 11) is 3.86. The molecule has 2 heterocycles. The molecular weight excluding hydrogens is 294 g/mol. The van der Waals surface area contributed by atoms with Crippen LogP contribution < -0.4 is 0 Å². The van der Waals surface area contributed by atoms with Crippen molar-refractivity contribution in [3.63, 3.8) is 0 Å². The van der Waals surface area contributed by atoms with Crippen LogP contribution in [0.15, 0.2) is 24.3 Å². The molecule has 1 atom stereocenters. The van der Waals surface area contributed by atoms with Gasteiger partial charge in [-0.15, -0.1) is 5.10 Å². The Morgan fingerprint density at radius 2 is 2.17 bits per heavy atom. The lowest BCUT2D eigenvalue weighted by molar-refractivity contribution is -0.131. The molecule has 23 heavy (non-hydrogen) atoms. The van der Waals surface area contributed by atoms with Gasteiger partial charge in [-0.2, -0.15) is 0 Å². The third kappa shape index (κ3) is 3.51. The molecule has 0 unspecified atom stereocenters. The monoisotopic (exact) mass is 317 g/mol. The van der Waals surface area contributed by atoms with Crippen LogP contribution in [-0.2, 0) is 11.3 Å². The summed E-state index contributed by atoms with van der Waals surface area (Å²) in [6.45, 7) is 2.09. The minimum atomic E-state index is -0.793. The number of carbonyl (C=O) groups excluding carboxylic acids is 1. The first-order valence-electron chi connectivity index (χ1n) is 7.90. The molecule has 1 aliphatic heterocycles. The molecule has 124 valence electrons. The average molecular weight is 317 g/mol. The summed E-state index contributed by atoms with van der Waals surface area (Å²) in [6.07, 6.45) is 0.995. The predicted octanol–water partition coefficient (Wildman–Crippen LogP) is 0.346. The summed E-state index contributed by atoms with van der Waals surface area (Å²) in [5.74, 6) is 0.0549. The van der Waals surface area contributed by atoms with Crippen molar-refractivity contribution in [3.8, 4) is 0 Å². The number of aliphatic hydroxyl groups is 1. The molecule has 7 heteroatoms. The number of benzene rings is 1. The van der Waals surface area contributed by atoms with Gasteiger partial charge in [0.1, 0.15) is 5.52 Å². The van der Waals surface area contributed by atoms with E-state index in [4.69, 9.17) is 0 Å². The molecule has 7 nitrogen and oxygen atoms in total. The largest absolute Gasteiger partial charge is 0.387 e. The van der Waals surface area contributed by atoms with Gasteiger partial charge < -0.3 is 14.9 Å². The van der Waals surface area contributed by atoms with Crippen LogP contribution >= 0.6 is 0 Å². The van der Waals surface area contributed by atoms with Crippen molar-refractivity contribution in [2.24, 2.45) is 0 Å². The van der Waals surface area contributed by atoms with E-state index in [1.807, 2.05) is 43.3 Å². The number of para-hydroxylation sites is 1. The summed E-state index contributed by atoms with van der Waals surface area (Å²) < 4.78 is 1.76. The first-order chi connectivity index (χ1) is 11.0. The smallest absolute Gasteiger partial charge is 0.224 e. The van der Waals surface area contributed by atoms with Crippen molar-refractivity contribution in [1.82, 2.24) is 24.8 Å². The van der Waals surface area contributed by atoms with E-state index < -0.39 is 5.60 Å². The van der Waals surface area contributed by atoms with E-state index in [0.29, 0.717) is 39.0 Å². The second-order valence-electron chi connectivity index (χ2n) is 6.58. The Labute approximate surface area is 135 Å².